The number of alkyl halides is 4. The molecule has 0 aromatic carbocycles. The number of fused-ring (bicyclic) bond motifs is 1. The number of rotatable bonds is 5. The second-order valence-electron chi connectivity index (χ2n) is 4.62. The number of halogens is 4. The van der Waals surface area contributed by atoms with E-state index in [9.17, 15) is 13.2 Å². The van der Waals surface area contributed by atoms with Crippen LogP contribution in [0, 0.1) is 0 Å². The van der Waals surface area contributed by atoms with Gasteiger partial charge in [0, 0.05) is 19.0 Å². The van der Waals surface area contributed by atoms with Gasteiger partial charge in [-0.15, -0.1) is 21.8 Å². The Morgan fingerprint density at radius 3 is 2.58 bits per heavy atom. The summed E-state index contributed by atoms with van der Waals surface area (Å²) in [6.07, 6.45) is -1.40. The van der Waals surface area contributed by atoms with Crippen molar-refractivity contribution in [2.24, 2.45) is 0 Å². The van der Waals surface area contributed by atoms with Crippen LogP contribution in [0.5, 0.6) is 0 Å². The predicted octanol–water partition coefficient (Wildman–Crippen LogP) is 2.52. The van der Waals surface area contributed by atoms with Gasteiger partial charge in [-0.1, -0.05) is 6.42 Å². The summed E-state index contributed by atoms with van der Waals surface area (Å²) in [5, 5.41) is 6.91. The van der Waals surface area contributed by atoms with E-state index in [0.717, 1.165) is 25.8 Å². The molecule has 0 bridgehead atoms. The van der Waals surface area contributed by atoms with Crippen LogP contribution in [0.3, 0.4) is 0 Å². The van der Waals surface area contributed by atoms with E-state index in [1.165, 1.54) is 4.57 Å². The van der Waals surface area contributed by atoms with Gasteiger partial charge in [-0.2, -0.15) is 13.2 Å². The van der Waals surface area contributed by atoms with Crippen LogP contribution in [-0.2, 0) is 19.3 Å². The van der Waals surface area contributed by atoms with E-state index in [1.54, 1.807) is 0 Å². The Bertz CT molecular complexity index is 419. The summed E-state index contributed by atoms with van der Waals surface area (Å²) < 4.78 is 39.1. The number of unbranched alkanes of at least 4 members (excludes halogenated alkanes) is 2. The lowest BCUT2D eigenvalue weighted by Crippen LogP contribution is -2.35. The van der Waals surface area contributed by atoms with Gasteiger partial charge in [-0.25, -0.2) is 0 Å². The lowest BCUT2D eigenvalue weighted by molar-refractivity contribution is -0.148. The summed E-state index contributed by atoms with van der Waals surface area (Å²) >= 11 is 5.59. The smallest absolute Gasteiger partial charge is 0.305 e. The molecule has 0 spiro atoms. The van der Waals surface area contributed by atoms with Gasteiger partial charge in [0.1, 0.15) is 5.82 Å². The minimum Gasteiger partial charge on any atom is -0.305 e. The highest BCUT2D eigenvalue weighted by Gasteiger charge is 2.39. The van der Waals surface area contributed by atoms with Crippen molar-refractivity contribution in [3.05, 3.63) is 11.6 Å². The van der Waals surface area contributed by atoms with Crippen molar-refractivity contribution in [1.29, 1.82) is 0 Å². The molecule has 0 unspecified atom stereocenters. The average molecular weight is 297 g/mol. The fraction of sp³-hybridized carbons (Fsp3) is 0.818. The minimum absolute atomic E-state index is 0.298. The topological polar surface area (TPSA) is 34.0 Å². The van der Waals surface area contributed by atoms with Crippen molar-refractivity contribution >= 4 is 11.6 Å². The molecule has 8 heteroatoms. The summed E-state index contributed by atoms with van der Waals surface area (Å²) in [5.74, 6) is 0.170. The molecule has 1 aromatic heterocycles. The molecule has 19 heavy (non-hydrogen) atoms. The van der Waals surface area contributed by atoms with Crippen LogP contribution in [0.1, 0.15) is 30.9 Å². The molecule has 108 valence electrons. The fourth-order valence-corrected chi connectivity index (χ4v) is 2.40. The van der Waals surface area contributed by atoms with Gasteiger partial charge in [0.15, 0.2) is 0 Å². The summed E-state index contributed by atoms with van der Waals surface area (Å²) in [5.41, 5.74) is 0. The van der Waals surface area contributed by atoms with Gasteiger partial charge in [-0.05, 0) is 19.4 Å². The maximum atomic E-state index is 12.6. The standard InChI is InChI=1S/C11H16ClF3N4/c12-4-2-1-3-5-18-6-7-19-9(8-18)16-17-10(19)11(13,14)15/h1-8H2. The second kappa shape index (κ2) is 6.09. The van der Waals surface area contributed by atoms with Gasteiger partial charge in [0.2, 0.25) is 5.82 Å². The van der Waals surface area contributed by atoms with E-state index in [4.69, 9.17) is 11.6 Å². The van der Waals surface area contributed by atoms with Crippen molar-refractivity contribution < 1.29 is 13.2 Å². The van der Waals surface area contributed by atoms with Crippen molar-refractivity contribution in [2.45, 2.75) is 38.5 Å². The molecule has 4 nitrogen and oxygen atoms in total. The summed E-state index contributed by atoms with van der Waals surface area (Å²) in [6, 6.07) is 0. The maximum absolute atomic E-state index is 12.6. The van der Waals surface area contributed by atoms with Crippen LogP contribution in [-0.4, -0.2) is 38.6 Å². The Kier molecular flexibility index (Phi) is 4.67. The molecule has 0 aliphatic carbocycles. The SMILES string of the molecule is FC(F)(F)c1nnc2n1CCN(CCCCCCl)C2. The van der Waals surface area contributed by atoms with Crippen LogP contribution in [0.2, 0.25) is 0 Å². The highest BCUT2D eigenvalue weighted by Crippen LogP contribution is 2.29. The monoisotopic (exact) mass is 296 g/mol. The first-order chi connectivity index (χ1) is 9.02. The lowest BCUT2D eigenvalue weighted by Gasteiger charge is -2.27. The molecule has 0 atom stereocenters. The van der Waals surface area contributed by atoms with Crippen molar-refractivity contribution in [1.82, 2.24) is 19.7 Å². The third-order valence-corrected chi connectivity index (χ3v) is 3.46. The second-order valence-corrected chi connectivity index (χ2v) is 4.99. The van der Waals surface area contributed by atoms with Crippen LogP contribution >= 0.6 is 11.6 Å². The number of hydrogen-bond donors (Lipinski definition) is 0. The summed E-state index contributed by atoms with van der Waals surface area (Å²) in [4.78, 5) is 2.11. The van der Waals surface area contributed by atoms with Crippen LogP contribution in [0.15, 0.2) is 0 Å². The largest absolute Gasteiger partial charge is 0.451 e. The van der Waals surface area contributed by atoms with E-state index in [-0.39, 0.29) is 0 Å². The number of hydrogen-bond acceptors (Lipinski definition) is 3. The van der Waals surface area contributed by atoms with Gasteiger partial charge in [-0.3, -0.25) is 4.90 Å². The van der Waals surface area contributed by atoms with Gasteiger partial charge in [0.25, 0.3) is 0 Å². The Labute approximate surface area is 114 Å². The minimum atomic E-state index is -4.42. The highest BCUT2D eigenvalue weighted by atomic mass is 35.5. The molecule has 0 saturated carbocycles. The predicted molar refractivity (Wildman–Crippen MR) is 64.9 cm³/mol. The molecular formula is C11H16ClF3N4. The first kappa shape index (κ1) is 14.6. The molecule has 0 radical (unpaired) electrons. The molecule has 0 N–H and O–H groups in total. The Balaban J connectivity index is 1.92. The normalized spacial score (nSPS) is 16.6. The molecule has 2 heterocycles. The van der Waals surface area contributed by atoms with Crippen molar-refractivity contribution in [2.75, 3.05) is 19.0 Å². The first-order valence-electron chi connectivity index (χ1n) is 6.30. The zero-order chi connectivity index (χ0) is 13.9. The zero-order valence-corrected chi connectivity index (χ0v) is 11.2. The quantitative estimate of drug-likeness (QED) is 0.618. The highest BCUT2D eigenvalue weighted by molar-refractivity contribution is 6.17. The summed E-state index contributed by atoms with van der Waals surface area (Å²) in [6.45, 7) is 2.21. The van der Waals surface area contributed by atoms with Gasteiger partial charge in [0.05, 0.1) is 6.54 Å². The Hall–Kier alpha value is -0.820. The number of nitrogens with zero attached hydrogens (tertiary/aromatic N) is 4. The van der Waals surface area contributed by atoms with E-state index >= 15 is 0 Å². The third-order valence-electron chi connectivity index (χ3n) is 3.19. The number of aromatic nitrogens is 3. The van der Waals surface area contributed by atoms with Crippen LogP contribution in [0.25, 0.3) is 0 Å². The van der Waals surface area contributed by atoms with Crippen molar-refractivity contribution in [3.8, 4) is 0 Å². The average Bonchev–Trinajstić information content (AvgIpc) is 2.77. The third kappa shape index (κ3) is 3.60. The molecule has 0 amide bonds. The Morgan fingerprint density at radius 2 is 1.89 bits per heavy atom. The maximum Gasteiger partial charge on any atom is 0.451 e. The molecule has 0 fully saturated rings. The van der Waals surface area contributed by atoms with E-state index < -0.39 is 12.0 Å². The summed E-state index contributed by atoms with van der Waals surface area (Å²) in [7, 11) is 0. The van der Waals surface area contributed by atoms with Crippen LogP contribution < -0.4 is 0 Å². The van der Waals surface area contributed by atoms with Crippen molar-refractivity contribution in [3.63, 3.8) is 0 Å². The molecule has 0 saturated heterocycles. The Morgan fingerprint density at radius 1 is 1.11 bits per heavy atom. The molecular weight excluding hydrogens is 281 g/mol. The molecule has 2 rings (SSSR count). The molecule has 1 aliphatic heterocycles. The molecule has 1 aliphatic rings. The van der Waals surface area contributed by atoms with Crippen LogP contribution in [0.4, 0.5) is 13.2 Å². The van der Waals surface area contributed by atoms with E-state index in [1.807, 2.05) is 0 Å². The van der Waals surface area contributed by atoms with E-state index in [2.05, 4.69) is 15.1 Å². The lowest BCUT2D eigenvalue weighted by atomic mass is 10.2. The molecule has 1 aromatic rings. The fourth-order valence-electron chi connectivity index (χ4n) is 2.21. The van der Waals surface area contributed by atoms with E-state index in [0.29, 0.717) is 31.3 Å². The van der Waals surface area contributed by atoms with Gasteiger partial charge < -0.3 is 4.57 Å². The zero-order valence-electron chi connectivity index (χ0n) is 10.5. The first-order valence-corrected chi connectivity index (χ1v) is 6.83. The van der Waals surface area contributed by atoms with Gasteiger partial charge >= 0.3 is 6.18 Å².